The van der Waals surface area contributed by atoms with Crippen LogP contribution >= 0.6 is 0 Å². The van der Waals surface area contributed by atoms with Crippen LogP contribution in [0, 0.1) is 0 Å². The second-order valence-electron chi connectivity index (χ2n) is 3.81. The highest BCUT2D eigenvalue weighted by molar-refractivity contribution is 5.74. The molecular weight excluding hydrogens is 252 g/mol. The summed E-state index contributed by atoms with van der Waals surface area (Å²) in [6, 6.07) is 10.1. The molecule has 0 bridgehead atoms. The number of hydrazine groups is 1. The number of carbonyl (C=O) groups excluding carboxylic acids is 1. The number of halogens is 1. The summed E-state index contributed by atoms with van der Waals surface area (Å²) in [5.41, 5.74) is 3.32. The molecule has 0 aliphatic rings. The van der Waals surface area contributed by atoms with Gasteiger partial charge in [-0.3, -0.25) is 10.2 Å². The lowest BCUT2D eigenvalue weighted by molar-refractivity contribution is -0.687. The molecule has 2 aromatic rings. The summed E-state index contributed by atoms with van der Waals surface area (Å²) in [7, 11) is 0. The lowest BCUT2D eigenvalue weighted by atomic mass is 10.2. The number of nitrogens with one attached hydrogen (secondary N) is 1. The van der Waals surface area contributed by atoms with Gasteiger partial charge in [-0.15, -0.1) is 0 Å². The SMILES string of the molecule is NNC(=O)Cn1cc[n+](Cc2ccccc2)c1.[Cl-]. The van der Waals surface area contributed by atoms with Crippen molar-refractivity contribution in [1.82, 2.24) is 9.99 Å². The molecular formula is C12H15ClN4O. The van der Waals surface area contributed by atoms with Crippen LogP contribution in [0.2, 0.25) is 0 Å². The topological polar surface area (TPSA) is 63.9 Å². The Kier molecular flexibility index (Phi) is 5.35. The van der Waals surface area contributed by atoms with Gasteiger partial charge in [-0.25, -0.2) is 15.0 Å². The summed E-state index contributed by atoms with van der Waals surface area (Å²) < 4.78 is 3.80. The van der Waals surface area contributed by atoms with Crippen molar-refractivity contribution in [3.8, 4) is 0 Å². The first-order valence-corrected chi connectivity index (χ1v) is 5.36. The van der Waals surface area contributed by atoms with Gasteiger partial charge < -0.3 is 12.4 Å². The van der Waals surface area contributed by atoms with E-state index in [2.05, 4.69) is 17.6 Å². The number of amides is 1. The highest BCUT2D eigenvalue weighted by Crippen LogP contribution is 1.97. The number of hydrogen-bond acceptors (Lipinski definition) is 2. The van der Waals surface area contributed by atoms with Crippen molar-refractivity contribution in [1.29, 1.82) is 0 Å². The largest absolute Gasteiger partial charge is 1.00 e. The first-order valence-electron chi connectivity index (χ1n) is 5.36. The van der Waals surface area contributed by atoms with E-state index in [1.165, 1.54) is 5.56 Å². The van der Waals surface area contributed by atoms with Crippen LogP contribution in [0.15, 0.2) is 49.1 Å². The smallest absolute Gasteiger partial charge is 0.276 e. The molecule has 1 heterocycles. The van der Waals surface area contributed by atoms with Gasteiger partial charge in [0.05, 0.1) is 0 Å². The van der Waals surface area contributed by atoms with Crippen LogP contribution in [0.4, 0.5) is 0 Å². The first kappa shape index (κ1) is 14.2. The molecule has 0 radical (unpaired) electrons. The second-order valence-corrected chi connectivity index (χ2v) is 3.81. The normalized spacial score (nSPS) is 9.61. The van der Waals surface area contributed by atoms with Crippen LogP contribution in [0.3, 0.4) is 0 Å². The van der Waals surface area contributed by atoms with Gasteiger partial charge in [0.2, 0.25) is 6.33 Å². The fourth-order valence-corrected chi connectivity index (χ4v) is 1.63. The van der Waals surface area contributed by atoms with E-state index in [0.29, 0.717) is 0 Å². The zero-order valence-electron chi connectivity index (χ0n) is 9.79. The Morgan fingerprint density at radius 1 is 1.33 bits per heavy atom. The number of aromatic nitrogens is 2. The molecule has 0 atom stereocenters. The van der Waals surface area contributed by atoms with Crippen molar-refractivity contribution < 1.29 is 21.8 Å². The number of benzene rings is 1. The number of nitrogens with two attached hydrogens (primary N) is 1. The molecule has 3 N–H and O–H groups in total. The van der Waals surface area contributed by atoms with Crippen LogP contribution < -0.4 is 28.2 Å². The van der Waals surface area contributed by atoms with Crippen molar-refractivity contribution >= 4 is 5.91 Å². The van der Waals surface area contributed by atoms with Crippen molar-refractivity contribution in [2.45, 2.75) is 13.1 Å². The van der Waals surface area contributed by atoms with Crippen LogP contribution in [0.25, 0.3) is 0 Å². The van der Waals surface area contributed by atoms with Crippen LogP contribution in [0.1, 0.15) is 5.56 Å². The zero-order chi connectivity index (χ0) is 12.1. The van der Waals surface area contributed by atoms with E-state index >= 15 is 0 Å². The Morgan fingerprint density at radius 3 is 2.72 bits per heavy atom. The molecule has 1 aromatic heterocycles. The number of hydrogen-bond donors (Lipinski definition) is 2. The molecule has 6 heteroatoms. The van der Waals surface area contributed by atoms with Gasteiger partial charge >= 0.3 is 0 Å². The molecule has 5 nitrogen and oxygen atoms in total. The Morgan fingerprint density at radius 2 is 2.06 bits per heavy atom. The molecule has 0 saturated heterocycles. The van der Waals surface area contributed by atoms with Crippen molar-refractivity contribution in [3.05, 3.63) is 54.6 Å². The molecule has 0 spiro atoms. The summed E-state index contributed by atoms with van der Waals surface area (Å²) in [5, 5.41) is 0. The standard InChI is InChI=1S/C12H14N4O.ClH/c13-14-12(17)9-16-7-6-15(10-16)8-11-4-2-1-3-5-11;/h1-7,10H,8-9,13H2;1H. The minimum absolute atomic E-state index is 0. The molecule has 1 amide bonds. The van der Waals surface area contributed by atoms with Gasteiger partial charge in [0.15, 0.2) is 6.54 Å². The molecule has 2 rings (SSSR count). The molecule has 1 aromatic carbocycles. The first-order chi connectivity index (χ1) is 8.28. The van der Waals surface area contributed by atoms with E-state index in [0.717, 1.165) is 6.54 Å². The molecule has 0 aliphatic heterocycles. The van der Waals surface area contributed by atoms with Crippen LogP contribution in [-0.4, -0.2) is 10.5 Å². The van der Waals surface area contributed by atoms with E-state index in [1.807, 2.05) is 41.5 Å². The van der Waals surface area contributed by atoms with Crippen molar-refractivity contribution in [2.75, 3.05) is 0 Å². The summed E-state index contributed by atoms with van der Waals surface area (Å²) in [5.74, 6) is 4.82. The van der Waals surface area contributed by atoms with Crippen molar-refractivity contribution in [2.24, 2.45) is 5.84 Å². The monoisotopic (exact) mass is 266 g/mol. The minimum Gasteiger partial charge on any atom is -1.00 e. The Bertz CT molecular complexity index is 498. The molecule has 0 fully saturated rings. The number of carbonyl (C=O) groups is 1. The van der Waals surface area contributed by atoms with Gasteiger partial charge in [0.25, 0.3) is 5.91 Å². The highest BCUT2D eigenvalue weighted by atomic mass is 35.5. The maximum absolute atomic E-state index is 11.1. The average Bonchev–Trinajstić information content (AvgIpc) is 2.77. The van der Waals surface area contributed by atoms with Gasteiger partial charge in [-0.2, -0.15) is 0 Å². The highest BCUT2D eigenvalue weighted by Gasteiger charge is 2.07. The van der Waals surface area contributed by atoms with E-state index in [9.17, 15) is 4.79 Å². The molecule has 0 unspecified atom stereocenters. The van der Waals surface area contributed by atoms with Crippen LogP contribution in [-0.2, 0) is 17.9 Å². The zero-order valence-corrected chi connectivity index (χ0v) is 10.5. The lowest BCUT2D eigenvalue weighted by Crippen LogP contribution is -3.00. The Labute approximate surface area is 112 Å². The van der Waals surface area contributed by atoms with E-state index in [-0.39, 0.29) is 24.9 Å². The fourth-order valence-electron chi connectivity index (χ4n) is 1.63. The number of imidazole rings is 1. The minimum atomic E-state index is -0.215. The average molecular weight is 267 g/mol. The molecule has 18 heavy (non-hydrogen) atoms. The summed E-state index contributed by atoms with van der Waals surface area (Å²) in [6.45, 7) is 1.02. The van der Waals surface area contributed by atoms with Gasteiger partial charge in [-0.1, -0.05) is 30.3 Å². The Hall–Kier alpha value is -1.85. The number of nitrogens with zero attached hydrogens (tertiary/aromatic N) is 2. The Balaban J connectivity index is 0.00000162. The predicted octanol–water partition coefficient (Wildman–Crippen LogP) is -3.18. The van der Waals surface area contributed by atoms with Gasteiger partial charge in [0, 0.05) is 0 Å². The summed E-state index contributed by atoms with van der Waals surface area (Å²) in [6.07, 6.45) is 5.65. The molecule has 0 saturated carbocycles. The van der Waals surface area contributed by atoms with Crippen LogP contribution in [0.5, 0.6) is 0 Å². The summed E-state index contributed by atoms with van der Waals surface area (Å²) >= 11 is 0. The van der Waals surface area contributed by atoms with E-state index < -0.39 is 0 Å². The number of rotatable bonds is 4. The lowest BCUT2D eigenvalue weighted by Gasteiger charge is -1.97. The quantitative estimate of drug-likeness (QED) is 0.265. The molecule has 96 valence electrons. The third-order valence-electron chi connectivity index (χ3n) is 2.44. The maximum atomic E-state index is 11.1. The third-order valence-corrected chi connectivity index (χ3v) is 2.44. The maximum Gasteiger partial charge on any atom is 0.276 e. The third kappa shape index (κ3) is 3.87. The van der Waals surface area contributed by atoms with Crippen molar-refractivity contribution in [3.63, 3.8) is 0 Å². The van der Waals surface area contributed by atoms with E-state index in [1.54, 1.807) is 4.57 Å². The van der Waals surface area contributed by atoms with Gasteiger partial charge in [-0.05, 0) is 5.56 Å². The molecule has 0 aliphatic carbocycles. The van der Waals surface area contributed by atoms with Gasteiger partial charge in [0.1, 0.15) is 18.9 Å². The fraction of sp³-hybridized carbons (Fsp3) is 0.167. The summed E-state index contributed by atoms with van der Waals surface area (Å²) in [4.78, 5) is 11.1. The van der Waals surface area contributed by atoms with E-state index in [4.69, 9.17) is 5.84 Å². The second kappa shape index (κ2) is 6.78. The predicted molar refractivity (Wildman–Crippen MR) is 62.5 cm³/mol.